The van der Waals surface area contributed by atoms with Gasteiger partial charge in [0.15, 0.2) is 0 Å². The third kappa shape index (κ3) is 2.96. The molecule has 0 saturated heterocycles. The smallest absolute Gasteiger partial charge is 0.250 e. The van der Waals surface area contributed by atoms with E-state index in [0.29, 0.717) is 11.1 Å². The molecule has 3 N–H and O–H groups in total. The van der Waals surface area contributed by atoms with Crippen LogP contribution >= 0.6 is 22.6 Å². The summed E-state index contributed by atoms with van der Waals surface area (Å²) >= 11 is 2.37. The minimum absolute atomic E-state index is 0.121. The molecule has 0 radical (unpaired) electrons. The highest BCUT2D eigenvalue weighted by Crippen LogP contribution is 2.28. The lowest BCUT2D eigenvalue weighted by Gasteiger charge is -2.22. The van der Waals surface area contributed by atoms with Gasteiger partial charge in [-0.05, 0) is 37.7 Å². The summed E-state index contributed by atoms with van der Waals surface area (Å²) in [5.74, 6) is -0.467. The molecule has 0 unspecified atom stereocenters. The van der Waals surface area contributed by atoms with Gasteiger partial charge in [-0.3, -0.25) is 4.79 Å². The number of nitrogens with two attached hydrogens (primary N) is 1. The fourth-order valence-corrected chi connectivity index (χ4v) is 2.81. The van der Waals surface area contributed by atoms with Crippen LogP contribution in [0.5, 0.6) is 0 Å². The highest BCUT2D eigenvalue weighted by molar-refractivity contribution is 14.1. The molecule has 1 amide bonds. The Morgan fingerprint density at radius 1 is 1.26 bits per heavy atom. The molecule has 0 bridgehead atoms. The van der Waals surface area contributed by atoms with Crippen molar-refractivity contribution in [3.8, 4) is 5.69 Å². The highest BCUT2D eigenvalue weighted by Gasteiger charge is 2.19. The van der Waals surface area contributed by atoms with E-state index in [1.807, 2.05) is 37.5 Å². The van der Waals surface area contributed by atoms with Gasteiger partial charge in [-0.1, -0.05) is 46.9 Å². The lowest BCUT2D eigenvalue weighted by Crippen LogP contribution is -2.29. The summed E-state index contributed by atoms with van der Waals surface area (Å²) in [6.45, 7) is 2.11. The molecule has 0 saturated carbocycles. The summed E-state index contributed by atoms with van der Waals surface area (Å²) in [5, 5.41) is 8.67. The van der Waals surface area contributed by atoms with E-state index in [2.05, 4.69) is 52.1 Å². The van der Waals surface area contributed by atoms with E-state index in [1.165, 1.54) is 5.56 Å². The zero-order chi connectivity index (χ0) is 16.6. The van der Waals surface area contributed by atoms with E-state index in [-0.39, 0.29) is 3.55 Å². The van der Waals surface area contributed by atoms with Crippen LogP contribution in [0.1, 0.15) is 22.8 Å². The quantitative estimate of drug-likeness (QED) is 0.387. The van der Waals surface area contributed by atoms with E-state index in [9.17, 15) is 4.79 Å². The van der Waals surface area contributed by atoms with Gasteiger partial charge in [0.05, 0.1) is 14.8 Å². The first-order chi connectivity index (χ1) is 10.9. The maximum absolute atomic E-state index is 11.5. The molecule has 1 aromatic heterocycles. The molecule has 0 aliphatic carbocycles. The number of alkyl halides is 1. The highest BCUT2D eigenvalue weighted by atomic mass is 127. The van der Waals surface area contributed by atoms with Gasteiger partial charge < -0.3 is 11.1 Å². The molecule has 0 aliphatic rings. The fraction of sp³-hybridized carbons (Fsp3) is 0.176. The first-order valence-electron chi connectivity index (χ1n) is 7.19. The van der Waals surface area contributed by atoms with Crippen LogP contribution in [-0.4, -0.2) is 22.7 Å². The second-order valence-electron chi connectivity index (χ2n) is 5.48. The zero-order valence-electron chi connectivity index (χ0n) is 12.9. The Bertz CT molecular complexity index is 868. The molecule has 6 heteroatoms. The monoisotopic (exact) mass is 420 g/mol. The second kappa shape index (κ2) is 5.93. The number of hydrogen-bond donors (Lipinski definition) is 2. The second-order valence-corrected chi connectivity index (χ2v) is 7.64. The zero-order valence-corrected chi connectivity index (χ0v) is 15.0. The van der Waals surface area contributed by atoms with Crippen LogP contribution in [-0.2, 0) is 3.55 Å². The molecule has 3 aromatic rings. The van der Waals surface area contributed by atoms with Gasteiger partial charge in [0, 0.05) is 11.6 Å². The van der Waals surface area contributed by atoms with Crippen molar-refractivity contribution in [3.05, 3.63) is 59.8 Å². The Balaban J connectivity index is 2.04. The maximum Gasteiger partial charge on any atom is 0.250 e. The maximum atomic E-state index is 11.5. The van der Waals surface area contributed by atoms with E-state index in [0.717, 1.165) is 11.1 Å². The Kier molecular flexibility index (Phi) is 4.11. The lowest BCUT2D eigenvalue weighted by molar-refractivity contribution is 0.100. The van der Waals surface area contributed by atoms with Crippen LogP contribution in [0.2, 0.25) is 0 Å². The number of aromatic nitrogens is 2. The number of fused-ring (bicyclic) bond motifs is 1. The van der Waals surface area contributed by atoms with Gasteiger partial charge in [-0.25, -0.2) is 4.68 Å². The van der Waals surface area contributed by atoms with Gasteiger partial charge in [0.2, 0.25) is 0 Å². The van der Waals surface area contributed by atoms with Crippen molar-refractivity contribution in [3.63, 3.8) is 0 Å². The summed E-state index contributed by atoms with van der Waals surface area (Å²) in [5.41, 5.74) is 8.59. The predicted octanol–water partition coefficient (Wildman–Crippen LogP) is 2.95. The van der Waals surface area contributed by atoms with Gasteiger partial charge in [0.25, 0.3) is 5.91 Å². The molecule has 1 atom stereocenters. The molecule has 0 fully saturated rings. The first-order valence-corrected chi connectivity index (χ1v) is 8.27. The molecule has 23 heavy (non-hydrogen) atoms. The van der Waals surface area contributed by atoms with Crippen LogP contribution in [0, 0.1) is 0 Å². The molecule has 118 valence electrons. The van der Waals surface area contributed by atoms with E-state index < -0.39 is 5.91 Å². The Morgan fingerprint density at radius 2 is 1.96 bits per heavy atom. The number of hydrogen-bond acceptors (Lipinski definition) is 3. The Hall–Kier alpha value is -1.93. The summed E-state index contributed by atoms with van der Waals surface area (Å²) in [7, 11) is 1.94. The van der Waals surface area contributed by atoms with Crippen molar-refractivity contribution in [1.82, 2.24) is 15.1 Å². The number of halogens is 1. The number of amides is 1. The average Bonchev–Trinajstić information content (AvgIpc) is 2.98. The van der Waals surface area contributed by atoms with Gasteiger partial charge >= 0.3 is 0 Å². The predicted molar refractivity (Wildman–Crippen MR) is 100 cm³/mol. The largest absolute Gasteiger partial charge is 0.366 e. The summed E-state index contributed by atoms with van der Waals surface area (Å²) in [4.78, 5) is 11.5. The number of benzene rings is 2. The fourth-order valence-electron chi connectivity index (χ4n) is 2.45. The molecular weight excluding hydrogens is 403 g/mol. The van der Waals surface area contributed by atoms with Crippen LogP contribution in [0.4, 0.5) is 0 Å². The molecular formula is C17H17IN4O. The van der Waals surface area contributed by atoms with Crippen molar-refractivity contribution in [1.29, 1.82) is 0 Å². The molecule has 0 spiro atoms. The van der Waals surface area contributed by atoms with Crippen LogP contribution in [0.25, 0.3) is 16.6 Å². The minimum atomic E-state index is -0.467. The molecule has 5 nitrogen and oxygen atoms in total. The SMILES string of the molecule is CN[C@@](C)(I)c1ccc(-n2cc3cccc(C(N)=O)c3n2)cc1. The summed E-state index contributed by atoms with van der Waals surface area (Å²) in [6.07, 6.45) is 1.90. The number of nitrogens with zero attached hydrogens (tertiary/aromatic N) is 2. The Labute approximate surface area is 148 Å². The van der Waals surface area contributed by atoms with Crippen molar-refractivity contribution >= 4 is 39.4 Å². The van der Waals surface area contributed by atoms with Crippen LogP contribution in [0.3, 0.4) is 0 Å². The molecule has 2 aromatic carbocycles. The van der Waals surface area contributed by atoms with E-state index >= 15 is 0 Å². The minimum Gasteiger partial charge on any atom is -0.366 e. The average molecular weight is 420 g/mol. The van der Waals surface area contributed by atoms with Crippen LogP contribution < -0.4 is 11.1 Å². The molecule has 1 heterocycles. The third-order valence-electron chi connectivity index (χ3n) is 3.95. The normalized spacial score (nSPS) is 13.9. The topological polar surface area (TPSA) is 72.9 Å². The van der Waals surface area contributed by atoms with E-state index in [1.54, 1.807) is 10.7 Å². The Morgan fingerprint density at radius 3 is 2.57 bits per heavy atom. The van der Waals surface area contributed by atoms with Gasteiger partial charge in [0.1, 0.15) is 5.52 Å². The first kappa shape index (κ1) is 15.9. The molecule has 3 rings (SSSR count). The molecule has 0 aliphatic heterocycles. The van der Waals surface area contributed by atoms with Crippen molar-refractivity contribution < 1.29 is 4.79 Å². The third-order valence-corrected chi connectivity index (χ3v) is 5.11. The van der Waals surface area contributed by atoms with Crippen molar-refractivity contribution in [2.24, 2.45) is 5.73 Å². The number of carbonyl (C=O) groups excluding carboxylic acids is 1. The van der Waals surface area contributed by atoms with Crippen molar-refractivity contribution in [2.45, 2.75) is 10.5 Å². The number of nitrogens with one attached hydrogen (secondary N) is 1. The van der Waals surface area contributed by atoms with Crippen molar-refractivity contribution in [2.75, 3.05) is 7.05 Å². The van der Waals surface area contributed by atoms with E-state index in [4.69, 9.17) is 5.73 Å². The van der Waals surface area contributed by atoms with Crippen LogP contribution in [0.15, 0.2) is 48.7 Å². The van der Waals surface area contributed by atoms with Gasteiger partial charge in [-0.15, -0.1) is 0 Å². The van der Waals surface area contributed by atoms with Gasteiger partial charge in [-0.2, -0.15) is 5.10 Å². The lowest BCUT2D eigenvalue weighted by atomic mass is 10.1. The number of primary amides is 1. The summed E-state index contributed by atoms with van der Waals surface area (Å²) < 4.78 is 1.65. The number of rotatable bonds is 4. The number of carbonyl (C=O) groups is 1. The standard InChI is InChI=1S/C17H17IN4O/c1-17(18,20-2)12-6-8-13(9-7-12)22-10-11-4-3-5-14(16(19)23)15(11)21-22/h3-10,20H,1-2H3,(H2,19,23)/t17-/m1/s1. The summed E-state index contributed by atoms with van der Waals surface area (Å²) in [6, 6.07) is 13.6.